The molecule has 7 heteroatoms. The first-order valence-corrected chi connectivity index (χ1v) is 12.8. The lowest BCUT2D eigenvalue weighted by Gasteiger charge is -2.44. The number of carbonyl (C=O) groups is 3. The molecule has 2 aliphatic rings. The van der Waals surface area contributed by atoms with Gasteiger partial charge in [0, 0.05) is 6.42 Å². The number of hydrogen-bond acceptors (Lipinski definition) is 7. The van der Waals surface area contributed by atoms with E-state index in [2.05, 4.69) is 6.58 Å². The molecule has 1 saturated heterocycles. The maximum absolute atomic E-state index is 13.1. The van der Waals surface area contributed by atoms with Crippen molar-refractivity contribution < 1.29 is 33.7 Å². The number of cyclic esters (lactones) is 1. The molecule has 2 aromatic carbocycles. The topological polar surface area (TPSA) is 99.1 Å². The van der Waals surface area contributed by atoms with Crippen LogP contribution in [0.1, 0.15) is 60.2 Å². The predicted molar refractivity (Wildman–Crippen MR) is 137 cm³/mol. The Kier molecular flexibility index (Phi) is 8.13. The molecular formula is C30H34O7. The van der Waals surface area contributed by atoms with Crippen molar-refractivity contribution in [2.75, 3.05) is 6.61 Å². The van der Waals surface area contributed by atoms with Crippen molar-refractivity contribution in [3.05, 3.63) is 83.9 Å². The number of aliphatic hydroxyl groups is 1. The maximum atomic E-state index is 13.1. The molecule has 0 radical (unpaired) electrons. The van der Waals surface area contributed by atoms with Gasteiger partial charge < -0.3 is 19.3 Å². The van der Waals surface area contributed by atoms with E-state index in [1.165, 1.54) is 0 Å². The molecule has 2 aromatic rings. The molecule has 1 saturated carbocycles. The number of allylic oxidation sites excluding steroid dienone is 1. The zero-order chi connectivity index (χ0) is 26.6. The van der Waals surface area contributed by atoms with Gasteiger partial charge in [0.15, 0.2) is 6.10 Å². The second kappa shape index (κ2) is 11.3. The molecule has 0 aromatic heterocycles. The van der Waals surface area contributed by atoms with Gasteiger partial charge in [-0.05, 0) is 62.3 Å². The molecule has 1 aliphatic carbocycles. The first kappa shape index (κ1) is 26.6. The number of hydrogen-bond donors (Lipinski definition) is 1. The summed E-state index contributed by atoms with van der Waals surface area (Å²) in [5.74, 6) is -2.50. The Morgan fingerprint density at radius 1 is 1.05 bits per heavy atom. The third kappa shape index (κ3) is 5.93. The summed E-state index contributed by atoms with van der Waals surface area (Å²) in [5.41, 5.74) is 0.401. The van der Waals surface area contributed by atoms with Crippen LogP contribution in [0.2, 0.25) is 0 Å². The predicted octanol–water partition coefficient (Wildman–Crippen LogP) is 4.74. The summed E-state index contributed by atoms with van der Waals surface area (Å²) in [5, 5.41) is 11.7. The van der Waals surface area contributed by atoms with Crippen LogP contribution in [-0.4, -0.2) is 47.4 Å². The SMILES string of the molecule is C=C(C)C1CCC(C)C(O)(C2CC(C(COC(=O)c3ccccc3)OC(=O)c3ccccc3)OC2=O)C1. The number of benzene rings is 2. The zero-order valence-corrected chi connectivity index (χ0v) is 21.3. The molecule has 1 N–H and O–H groups in total. The molecule has 4 rings (SSSR count). The largest absolute Gasteiger partial charge is 0.458 e. The minimum atomic E-state index is -1.26. The Morgan fingerprint density at radius 3 is 2.24 bits per heavy atom. The summed E-state index contributed by atoms with van der Waals surface area (Å²) in [4.78, 5) is 38.5. The minimum absolute atomic E-state index is 0.111. The third-order valence-electron chi connectivity index (χ3n) is 7.77. The van der Waals surface area contributed by atoms with Gasteiger partial charge in [-0.2, -0.15) is 0 Å². The van der Waals surface area contributed by atoms with Crippen molar-refractivity contribution in [2.45, 2.75) is 57.3 Å². The van der Waals surface area contributed by atoms with Gasteiger partial charge in [0.25, 0.3) is 0 Å². The van der Waals surface area contributed by atoms with Gasteiger partial charge in [0.2, 0.25) is 0 Å². The van der Waals surface area contributed by atoms with Crippen LogP contribution in [0, 0.1) is 17.8 Å². The average Bonchev–Trinajstić information content (AvgIpc) is 3.30. The molecule has 7 nitrogen and oxygen atoms in total. The van der Waals surface area contributed by atoms with Gasteiger partial charge in [0.1, 0.15) is 12.7 Å². The van der Waals surface area contributed by atoms with Crippen LogP contribution in [-0.2, 0) is 19.0 Å². The van der Waals surface area contributed by atoms with E-state index in [0.29, 0.717) is 17.5 Å². The second-order valence-electron chi connectivity index (χ2n) is 10.3. The molecule has 1 heterocycles. The van der Waals surface area contributed by atoms with Crippen LogP contribution >= 0.6 is 0 Å². The highest BCUT2D eigenvalue weighted by atomic mass is 16.6. The lowest BCUT2D eigenvalue weighted by Crippen LogP contribution is -2.50. The molecule has 2 fully saturated rings. The Balaban J connectivity index is 1.52. The minimum Gasteiger partial charge on any atom is -0.458 e. The molecule has 37 heavy (non-hydrogen) atoms. The Bertz CT molecular complexity index is 1130. The van der Waals surface area contributed by atoms with Gasteiger partial charge >= 0.3 is 17.9 Å². The number of ether oxygens (including phenoxy) is 3. The standard InChI is InChI=1S/C30H34O7/c1-19(2)23-15-14-20(3)30(34,17-23)24-16-25(36-29(24)33)26(37-28(32)22-12-8-5-9-13-22)18-35-27(31)21-10-6-4-7-11-21/h4-13,20,23-26,34H,1,14-18H2,2-3H3. The third-order valence-corrected chi connectivity index (χ3v) is 7.77. The quantitative estimate of drug-likeness (QED) is 0.314. The lowest BCUT2D eigenvalue weighted by atomic mass is 9.64. The van der Waals surface area contributed by atoms with E-state index in [1.54, 1.807) is 60.7 Å². The molecule has 6 atom stereocenters. The molecule has 6 unspecified atom stereocenters. The zero-order valence-electron chi connectivity index (χ0n) is 21.3. The normalized spacial score (nSPS) is 28.1. The molecule has 0 bridgehead atoms. The monoisotopic (exact) mass is 506 g/mol. The average molecular weight is 507 g/mol. The Morgan fingerprint density at radius 2 is 1.65 bits per heavy atom. The van der Waals surface area contributed by atoms with E-state index in [1.807, 2.05) is 13.8 Å². The summed E-state index contributed by atoms with van der Waals surface area (Å²) >= 11 is 0. The van der Waals surface area contributed by atoms with E-state index in [4.69, 9.17) is 14.2 Å². The fourth-order valence-electron chi connectivity index (χ4n) is 5.36. The second-order valence-corrected chi connectivity index (χ2v) is 10.3. The van der Waals surface area contributed by atoms with Crippen LogP contribution in [0.25, 0.3) is 0 Å². The number of carbonyl (C=O) groups excluding carboxylic acids is 3. The van der Waals surface area contributed by atoms with Crippen LogP contribution < -0.4 is 0 Å². The van der Waals surface area contributed by atoms with Gasteiger partial charge in [-0.25, -0.2) is 9.59 Å². The van der Waals surface area contributed by atoms with Crippen LogP contribution in [0.5, 0.6) is 0 Å². The molecule has 0 amide bonds. The highest BCUT2D eigenvalue weighted by Gasteiger charge is 2.55. The van der Waals surface area contributed by atoms with E-state index in [0.717, 1.165) is 18.4 Å². The van der Waals surface area contributed by atoms with Crippen molar-refractivity contribution >= 4 is 17.9 Å². The number of rotatable bonds is 8. The summed E-state index contributed by atoms with van der Waals surface area (Å²) in [6.07, 6.45) is 0.357. The van der Waals surface area contributed by atoms with Gasteiger partial charge in [-0.3, -0.25) is 4.79 Å². The van der Waals surface area contributed by atoms with Crippen molar-refractivity contribution in [2.24, 2.45) is 17.8 Å². The highest BCUT2D eigenvalue weighted by molar-refractivity contribution is 5.90. The van der Waals surface area contributed by atoms with Crippen molar-refractivity contribution in [3.8, 4) is 0 Å². The van der Waals surface area contributed by atoms with Crippen LogP contribution in [0.15, 0.2) is 72.8 Å². The van der Waals surface area contributed by atoms with Gasteiger partial charge in [-0.15, -0.1) is 0 Å². The fourth-order valence-corrected chi connectivity index (χ4v) is 5.36. The fraction of sp³-hybridized carbons (Fsp3) is 0.433. The molecule has 196 valence electrons. The molecular weight excluding hydrogens is 472 g/mol. The van der Waals surface area contributed by atoms with E-state index < -0.39 is 41.6 Å². The smallest absolute Gasteiger partial charge is 0.338 e. The Hall–Kier alpha value is -3.45. The van der Waals surface area contributed by atoms with Crippen molar-refractivity contribution in [1.29, 1.82) is 0 Å². The molecule has 0 spiro atoms. The number of esters is 3. The van der Waals surface area contributed by atoms with E-state index in [9.17, 15) is 19.5 Å². The van der Waals surface area contributed by atoms with E-state index >= 15 is 0 Å². The summed E-state index contributed by atoms with van der Waals surface area (Å²) in [6.45, 7) is 7.65. The summed E-state index contributed by atoms with van der Waals surface area (Å²) < 4.78 is 16.9. The van der Waals surface area contributed by atoms with Crippen LogP contribution in [0.3, 0.4) is 0 Å². The van der Waals surface area contributed by atoms with Gasteiger partial charge in [-0.1, -0.05) is 55.5 Å². The summed E-state index contributed by atoms with van der Waals surface area (Å²) in [6, 6.07) is 16.9. The van der Waals surface area contributed by atoms with Crippen molar-refractivity contribution in [3.63, 3.8) is 0 Å². The summed E-state index contributed by atoms with van der Waals surface area (Å²) in [7, 11) is 0. The maximum Gasteiger partial charge on any atom is 0.338 e. The highest BCUT2D eigenvalue weighted by Crippen LogP contribution is 2.47. The molecule has 1 aliphatic heterocycles. The Labute approximate surface area is 217 Å². The first-order valence-electron chi connectivity index (χ1n) is 12.8. The van der Waals surface area contributed by atoms with Crippen molar-refractivity contribution in [1.82, 2.24) is 0 Å². The lowest BCUT2D eigenvalue weighted by molar-refractivity contribution is -0.160. The van der Waals surface area contributed by atoms with E-state index in [-0.39, 0.29) is 24.9 Å². The first-order chi connectivity index (χ1) is 17.7. The van der Waals surface area contributed by atoms with Gasteiger partial charge in [0.05, 0.1) is 22.6 Å². The van der Waals surface area contributed by atoms with Crippen LogP contribution in [0.4, 0.5) is 0 Å².